The SMILES string of the molecule is COC(CN=C(N)Nc1cc(F)ccc1F)C1CC1. The number of hydrogen-bond acceptors (Lipinski definition) is 2. The van der Waals surface area contributed by atoms with Crippen molar-refractivity contribution >= 4 is 11.6 Å². The Labute approximate surface area is 110 Å². The zero-order valence-corrected chi connectivity index (χ0v) is 10.7. The average molecular weight is 269 g/mol. The lowest BCUT2D eigenvalue weighted by Crippen LogP contribution is -2.26. The van der Waals surface area contributed by atoms with Gasteiger partial charge in [-0.1, -0.05) is 0 Å². The minimum absolute atomic E-state index is 0.0263. The van der Waals surface area contributed by atoms with Crippen LogP contribution in [0.3, 0.4) is 0 Å². The fourth-order valence-electron chi connectivity index (χ4n) is 1.84. The Balaban J connectivity index is 1.95. The number of nitrogens with two attached hydrogens (primary N) is 1. The number of halogens is 2. The number of aliphatic imine (C=N–C) groups is 1. The quantitative estimate of drug-likeness (QED) is 0.636. The standard InChI is InChI=1S/C13H17F2N3O/c1-19-12(8-2-3-8)7-17-13(16)18-11-6-9(14)4-5-10(11)15/h4-6,8,12H,2-3,7H2,1H3,(H3,16,17,18). The number of hydrogen-bond donors (Lipinski definition) is 2. The molecule has 0 radical (unpaired) electrons. The van der Waals surface area contributed by atoms with Gasteiger partial charge >= 0.3 is 0 Å². The predicted molar refractivity (Wildman–Crippen MR) is 70.0 cm³/mol. The van der Waals surface area contributed by atoms with Crippen LogP contribution >= 0.6 is 0 Å². The van der Waals surface area contributed by atoms with Gasteiger partial charge in [-0.15, -0.1) is 0 Å². The summed E-state index contributed by atoms with van der Waals surface area (Å²) < 4.78 is 31.6. The Morgan fingerprint density at radius 3 is 2.89 bits per heavy atom. The largest absolute Gasteiger partial charge is 0.379 e. The highest BCUT2D eigenvalue weighted by Gasteiger charge is 2.30. The second-order valence-corrected chi connectivity index (χ2v) is 4.59. The number of benzene rings is 1. The van der Waals surface area contributed by atoms with E-state index in [1.54, 1.807) is 7.11 Å². The molecule has 1 aromatic carbocycles. The number of methoxy groups -OCH3 is 1. The van der Waals surface area contributed by atoms with Crippen molar-refractivity contribution in [3.05, 3.63) is 29.8 Å². The Bertz CT molecular complexity index is 475. The Morgan fingerprint density at radius 1 is 1.53 bits per heavy atom. The molecule has 1 fully saturated rings. The van der Waals surface area contributed by atoms with Crippen LogP contribution in [0.4, 0.5) is 14.5 Å². The summed E-state index contributed by atoms with van der Waals surface area (Å²) in [7, 11) is 1.63. The third-order valence-corrected chi connectivity index (χ3v) is 3.08. The number of anilines is 1. The van der Waals surface area contributed by atoms with Crippen LogP contribution in [0.15, 0.2) is 23.2 Å². The Hall–Kier alpha value is -1.69. The number of rotatable bonds is 5. The van der Waals surface area contributed by atoms with Gasteiger partial charge in [-0.05, 0) is 30.9 Å². The molecule has 104 valence electrons. The Kier molecular flexibility index (Phi) is 4.31. The third kappa shape index (κ3) is 3.89. The molecule has 0 amide bonds. The molecule has 0 bridgehead atoms. The molecule has 2 rings (SSSR count). The zero-order chi connectivity index (χ0) is 13.8. The fraction of sp³-hybridized carbons (Fsp3) is 0.462. The minimum atomic E-state index is -0.579. The first kappa shape index (κ1) is 13.7. The maximum absolute atomic E-state index is 13.4. The molecule has 3 N–H and O–H groups in total. The van der Waals surface area contributed by atoms with E-state index >= 15 is 0 Å². The number of ether oxygens (including phenoxy) is 1. The first-order chi connectivity index (χ1) is 9.10. The number of guanidine groups is 1. The van der Waals surface area contributed by atoms with Crippen LogP contribution in [0, 0.1) is 17.6 Å². The smallest absolute Gasteiger partial charge is 0.193 e. The molecule has 1 saturated carbocycles. The van der Waals surface area contributed by atoms with Crippen LogP contribution in [0.5, 0.6) is 0 Å². The summed E-state index contributed by atoms with van der Waals surface area (Å²) in [5.41, 5.74) is 5.62. The van der Waals surface area contributed by atoms with E-state index in [-0.39, 0.29) is 17.8 Å². The van der Waals surface area contributed by atoms with Gasteiger partial charge in [0, 0.05) is 13.2 Å². The van der Waals surface area contributed by atoms with Gasteiger partial charge in [-0.2, -0.15) is 0 Å². The van der Waals surface area contributed by atoms with Gasteiger partial charge in [-0.25, -0.2) is 8.78 Å². The molecule has 1 aliphatic carbocycles. The van der Waals surface area contributed by atoms with Crippen molar-refractivity contribution in [2.24, 2.45) is 16.6 Å². The Morgan fingerprint density at radius 2 is 2.26 bits per heavy atom. The summed E-state index contributed by atoms with van der Waals surface area (Å²) >= 11 is 0. The van der Waals surface area contributed by atoms with E-state index < -0.39 is 11.6 Å². The molecule has 1 aliphatic rings. The average Bonchev–Trinajstić information content (AvgIpc) is 3.19. The molecule has 1 aromatic rings. The van der Waals surface area contributed by atoms with Gasteiger partial charge in [-0.3, -0.25) is 4.99 Å². The summed E-state index contributed by atoms with van der Waals surface area (Å²) in [4.78, 5) is 4.09. The van der Waals surface area contributed by atoms with E-state index in [4.69, 9.17) is 10.5 Å². The predicted octanol–water partition coefficient (Wildman–Crippen LogP) is 2.12. The highest BCUT2D eigenvalue weighted by molar-refractivity contribution is 5.92. The highest BCUT2D eigenvalue weighted by atomic mass is 19.1. The van der Waals surface area contributed by atoms with Gasteiger partial charge in [0.2, 0.25) is 0 Å². The third-order valence-electron chi connectivity index (χ3n) is 3.08. The maximum atomic E-state index is 13.4. The van der Waals surface area contributed by atoms with Crippen molar-refractivity contribution < 1.29 is 13.5 Å². The molecule has 6 heteroatoms. The molecule has 1 unspecified atom stereocenters. The lowest BCUT2D eigenvalue weighted by molar-refractivity contribution is 0.0919. The molecular formula is C13H17F2N3O. The monoisotopic (exact) mass is 269 g/mol. The van der Waals surface area contributed by atoms with Crippen LogP contribution in [-0.2, 0) is 4.74 Å². The summed E-state index contributed by atoms with van der Waals surface area (Å²) in [5.74, 6) is -0.533. The minimum Gasteiger partial charge on any atom is -0.379 e. The molecule has 0 spiro atoms. The summed E-state index contributed by atoms with van der Waals surface area (Å²) in [6, 6.07) is 3.11. The van der Waals surface area contributed by atoms with E-state index in [0.717, 1.165) is 31.0 Å². The van der Waals surface area contributed by atoms with Crippen molar-refractivity contribution in [3.8, 4) is 0 Å². The highest BCUT2D eigenvalue weighted by Crippen LogP contribution is 2.34. The van der Waals surface area contributed by atoms with Gasteiger partial charge in [0.25, 0.3) is 0 Å². The van der Waals surface area contributed by atoms with Crippen LogP contribution < -0.4 is 11.1 Å². The van der Waals surface area contributed by atoms with Crippen molar-refractivity contribution in [3.63, 3.8) is 0 Å². The topological polar surface area (TPSA) is 59.6 Å². The van der Waals surface area contributed by atoms with Crippen molar-refractivity contribution in [1.82, 2.24) is 0 Å². The van der Waals surface area contributed by atoms with Crippen molar-refractivity contribution in [2.45, 2.75) is 18.9 Å². The summed E-state index contributed by atoms with van der Waals surface area (Å²) in [6.07, 6.45) is 2.32. The normalized spacial score (nSPS) is 17.3. The van der Waals surface area contributed by atoms with E-state index in [9.17, 15) is 8.78 Å². The van der Waals surface area contributed by atoms with E-state index in [1.165, 1.54) is 0 Å². The van der Waals surface area contributed by atoms with Crippen LogP contribution in [0.2, 0.25) is 0 Å². The molecule has 4 nitrogen and oxygen atoms in total. The van der Waals surface area contributed by atoms with Crippen LogP contribution in [0.25, 0.3) is 0 Å². The lowest BCUT2D eigenvalue weighted by atomic mass is 10.2. The van der Waals surface area contributed by atoms with Crippen LogP contribution in [0.1, 0.15) is 12.8 Å². The molecule has 19 heavy (non-hydrogen) atoms. The second-order valence-electron chi connectivity index (χ2n) is 4.59. The van der Waals surface area contributed by atoms with Crippen LogP contribution in [-0.4, -0.2) is 25.7 Å². The molecule has 0 aliphatic heterocycles. The first-order valence-electron chi connectivity index (χ1n) is 6.15. The second kappa shape index (κ2) is 5.97. The first-order valence-corrected chi connectivity index (χ1v) is 6.15. The van der Waals surface area contributed by atoms with Gasteiger partial charge in [0.05, 0.1) is 18.3 Å². The number of nitrogens with zero attached hydrogens (tertiary/aromatic N) is 1. The van der Waals surface area contributed by atoms with Gasteiger partial charge in [0.1, 0.15) is 11.6 Å². The maximum Gasteiger partial charge on any atom is 0.193 e. The van der Waals surface area contributed by atoms with E-state index in [2.05, 4.69) is 10.3 Å². The molecule has 0 saturated heterocycles. The summed E-state index contributed by atoms with van der Waals surface area (Å²) in [5, 5.41) is 2.55. The van der Waals surface area contributed by atoms with Crippen molar-refractivity contribution in [2.75, 3.05) is 19.0 Å². The lowest BCUT2D eigenvalue weighted by Gasteiger charge is -2.12. The van der Waals surface area contributed by atoms with Gasteiger partial charge < -0.3 is 15.8 Å². The van der Waals surface area contributed by atoms with E-state index in [1.807, 2.05) is 0 Å². The number of nitrogens with one attached hydrogen (secondary N) is 1. The van der Waals surface area contributed by atoms with E-state index in [0.29, 0.717) is 12.5 Å². The molecule has 1 atom stereocenters. The van der Waals surface area contributed by atoms with Crippen molar-refractivity contribution in [1.29, 1.82) is 0 Å². The molecule has 0 aromatic heterocycles. The van der Waals surface area contributed by atoms with Gasteiger partial charge in [0.15, 0.2) is 5.96 Å². The molecular weight excluding hydrogens is 252 g/mol. The molecule has 0 heterocycles. The zero-order valence-electron chi connectivity index (χ0n) is 10.7. The fourth-order valence-corrected chi connectivity index (χ4v) is 1.84. The summed E-state index contributed by atoms with van der Waals surface area (Å²) in [6.45, 7) is 0.414.